The quantitative estimate of drug-likeness (QED) is 0.825. The lowest BCUT2D eigenvalue weighted by Gasteiger charge is -2.36. The van der Waals surface area contributed by atoms with Gasteiger partial charge in [-0.2, -0.15) is 13.2 Å². The molecule has 2 aromatic carbocycles. The number of hydrogen-bond acceptors (Lipinski definition) is 4. The molecule has 1 amide bonds. The molecular weight excluding hydrogens is 395 g/mol. The third-order valence-electron chi connectivity index (χ3n) is 5.57. The molecule has 0 saturated carbocycles. The van der Waals surface area contributed by atoms with Crippen LogP contribution in [0.5, 0.6) is 5.75 Å². The summed E-state index contributed by atoms with van der Waals surface area (Å²) in [4.78, 5) is 16.5. The van der Waals surface area contributed by atoms with Gasteiger partial charge in [-0.3, -0.25) is 9.69 Å². The Morgan fingerprint density at radius 2 is 1.83 bits per heavy atom. The van der Waals surface area contributed by atoms with Crippen LogP contribution in [0.3, 0.4) is 0 Å². The predicted octanol–water partition coefficient (Wildman–Crippen LogP) is 3.47. The predicted molar refractivity (Wildman–Crippen MR) is 108 cm³/mol. The first-order valence-corrected chi connectivity index (χ1v) is 10.1. The van der Waals surface area contributed by atoms with Crippen LogP contribution in [0.4, 0.5) is 18.9 Å². The van der Waals surface area contributed by atoms with Gasteiger partial charge in [0.15, 0.2) is 0 Å². The number of fused-ring (bicyclic) bond motifs is 1. The second-order valence-corrected chi connectivity index (χ2v) is 7.61. The molecule has 2 aromatic rings. The molecule has 2 aliphatic rings. The van der Waals surface area contributed by atoms with Crippen LogP contribution in [0.15, 0.2) is 48.5 Å². The highest BCUT2D eigenvalue weighted by molar-refractivity contribution is 5.78. The molecule has 30 heavy (non-hydrogen) atoms. The van der Waals surface area contributed by atoms with Crippen LogP contribution in [0, 0.1) is 0 Å². The first kappa shape index (κ1) is 20.5. The van der Waals surface area contributed by atoms with Gasteiger partial charge >= 0.3 is 6.18 Å². The fraction of sp³-hybridized carbons (Fsp3) is 0.409. The van der Waals surface area contributed by atoms with E-state index in [0.29, 0.717) is 38.5 Å². The number of anilines is 1. The Labute approximate surface area is 173 Å². The summed E-state index contributed by atoms with van der Waals surface area (Å²) in [5, 5.41) is 3.09. The topological polar surface area (TPSA) is 44.8 Å². The number of para-hydroxylation sites is 1. The van der Waals surface area contributed by atoms with E-state index >= 15 is 0 Å². The highest BCUT2D eigenvalue weighted by Gasteiger charge is 2.31. The summed E-state index contributed by atoms with van der Waals surface area (Å²) in [6.07, 6.45) is -3.62. The molecule has 0 spiro atoms. The summed E-state index contributed by atoms with van der Waals surface area (Å²) in [5.74, 6) is 0.757. The number of nitrogens with zero attached hydrogens (tertiary/aromatic N) is 2. The molecule has 5 nitrogen and oxygen atoms in total. The van der Waals surface area contributed by atoms with Gasteiger partial charge in [0.1, 0.15) is 5.75 Å². The van der Waals surface area contributed by atoms with Crippen molar-refractivity contribution in [3.05, 3.63) is 59.7 Å². The SMILES string of the molecule is O=C(CN1CCN(c2cccc(C(F)(F)F)c2)CC1)N[C@@H]1CCOc2ccccc21. The van der Waals surface area contributed by atoms with E-state index in [1.54, 1.807) is 6.07 Å². The Kier molecular flexibility index (Phi) is 5.85. The summed E-state index contributed by atoms with van der Waals surface area (Å²) in [6, 6.07) is 13.0. The minimum Gasteiger partial charge on any atom is -0.493 e. The number of halogens is 3. The van der Waals surface area contributed by atoms with Gasteiger partial charge in [-0.1, -0.05) is 24.3 Å². The Bertz CT molecular complexity index is 895. The summed E-state index contributed by atoms with van der Waals surface area (Å²) < 4.78 is 44.5. The average molecular weight is 419 g/mol. The number of amides is 1. The van der Waals surface area contributed by atoms with Crippen LogP contribution in [0.25, 0.3) is 0 Å². The van der Waals surface area contributed by atoms with Gasteiger partial charge in [0.25, 0.3) is 0 Å². The van der Waals surface area contributed by atoms with E-state index in [4.69, 9.17) is 4.74 Å². The molecule has 2 aliphatic heterocycles. The zero-order valence-electron chi connectivity index (χ0n) is 16.5. The van der Waals surface area contributed by atoms with Crippen molar-refractivity contribution in [2.45, 2.75) is 18.6 Å². The van der Waals surface area contributed by atoms with E-state index in [1.807, 2.05) is 34.1 Å². The highest BCUT2D eigenvalue weighted by Crippen LogP contribution is 2.32. The number of ether oxygens (including phenoxy) is 1. The Balaban J connectivity index is 1.30. The zero-order chi connectivity index (χ0) is 21.1. The number of rotatable bonds is 4. The van der Waals surface area contributed by atoms with Gasteiger partial charge in [-0.25, -0.2) is 0 Å². The van der Waals surface area contributed by atoms with Gasteiger partial charge in [-0.05, 0) is 24.3 Å². The summed E-state index contributed by atoms with van der Waals surface area (Å²) in [6.45, 7) is 3.24. The molecule has 160 valence electrons. The number of nitrogens with one attached hydrogen (secondary N) is 1. The van der Waals surface area contributed by atoms with E-state index in [-0.39, 0.29) is 18.5 Å². The van der Waals surface area contributed by atoms with Gasteiger partial charge in [-0.15, -0.1) is 0 Å². The van der Waals surface area contributed by atoms with Gasteiger partial charge < -0.3 is 15.0 Å². The minimum atomic E-state index is -4.35. The molecule has 2 heterocycles. The maximum absolute atomic E-state index is 12.9. The Hall–Kier alpha value is -2.74. The second-order valence-electron chi connectivity index (χ2n) is 7.61. The Morgan fingerprint density at radius 1 is 1.07 bits per heavy atom. The number of piperazine rings is 1. The van der Waals surface area contributed by atoms with Crippen molar-refractivity contribution >= 4 is 11.6 Å². The minimum absolute atomic E-state index is 0.0516. The van der Waals surface area contributed by atoms with Crippen molar-refractivity contribution in [1.29, 1.82) is 0 Å². The molecule has 0 unspecified atom stereocenters. The number of benzene rings is 2. The number of hydrogen-bond donors (Lipinski definition) is 1. The summed E-state index contributed by atoms with van der Waals surface area (Å²) >= 11 is 0. The van der Waals surface area contributed by atoms with E-state index in [1.165, 1.54) is 12.1 Å². The molecule has 4 rings (SSSR count). The van der Waals surface area contributed by atoms with Gasteiger partial charge in [0.05, 0.1) is 24.8 Å². The standard InChI is InChI=1S/C22H24F3N3O2/c23-22(24,25)16-4-3-5-17(14-16)28-11-9-27(10-12-28)15-21(29)26-19-8-13-30-20-7-2-1-6-18(19)20/h1-7,14,19H,8-13,15H2,(H,26,29)/t19-/m1/s1. The largest absolute Gasteiger partial charge is 0.493 e. The van der Waals surface area contributed by atoms with Crippen molar-refractivity contribution in [3.8, 4) is 5.75 Å². The van der Waals surface area contributed by atoms with Crippen molar-refractivity contribution in [2.24, 2.45) is 0 Å². The third-order valence-corrected chi connectivity index (χ3v) is 5.57. The molecule has 0 aromatic heterocycles. The molecule has 1 fully saturated rings. The van der Waals surface area contributed by atoms with Crippen LogP contribution in [-0.4, -0.2) is 50.1 Å². The normalized spacial score (nSPS) is 19.7. The highest BCUT2D eigenvalue weighted by atomic mass is 19.4. The fourth-order valence-corrected chi connectivity index (χ4v) is 3.98. The van der Waals surface area contributed by atoms with Crippen molar-refractivity contribution in [3.63, 3.8) is 0 Å². The van der Waals surface area contributed by atoms with Crippen LogP contribution in [0.2, 0.25) is 0 Å². The lowest BCUT2D eigenvalue weighted by Crippen LogP contribution is -2.50. The molecular formula is C22H24F3N3O2. The molecule has 1 atom stereocenters. The lowest BCUT2D eigenvalue weighted by molar-refractivity contribution is -0.137. The maximum atomic E-state index is 12.9. The van der Waals surface area contributed by atoms with E-state index < -0.39 is 11.7 Å². The monoisotopic (exact) mass is 419 g/mol. The summed E-state index contributed by atoms with van der Waals surface area (Å²) in [7, 11) is 0. The zero-order valence-corrected chi connectivity index (χ0v) is 16.5. The number of alkyl halides is 3. The van der Waals surface area contributed by atoms with Crippen molar-refractivity contribution in [2.75, 3.05) is 44.2 Å². The number of carbonyl (C=O) groups is 1. The van der Waals surface area contributed by atoms with E-state index in [2.05, 4.69) is 5.32 Å². The smallest absolute Gasteiger partial charge is 0.416 e. The lowest BCUT2D eigenvalue weighted by atomic mass is 10.0. The van der Waals surface area contributed by atoms with Crippen molar-refractivity contribution < 1.29 is 22.7 Å². The molecule has 0 bridgehead atoms. The Morgan fingerprint density at radius 3 is 2.60 bits per heavy atom. The van der Waals surface area contributed by atoms with Crippen LogP contribution < -0.4 is 15.0 Å². The molecule has 0 radical (unpaired) electrons. The maximum Gasteiger partial charge on any atom is 0.416 e. The molecule has 0 aliphatic carbocycles. The fourth-order valence-electron chi connectivity index (χ4n) is 3.98. The molecule has 1 N–H and O–H groups in total. The summed E-state index contributed by atoms with van der Waals surface area (Å²) in [5.41, 5.74) is 0.915. The average Bonchev–Trinajstić information content (AvgIpc) is 2.74. The van der Waals surface area contributed by atoms with Gasteiger partial charge in [0.2, 0.25) is 5.91 Å². The van der Waals surface area contributed by atoms with Crippen LogP contribution >= 0.6 is 0 Å². The third kappa shape index (κ3) is 4.70. The molecule has 8 heteroatoms. The van der Waals surface area contributed by atoms with Gasteiger partial charge in [0, 0.05) is 43.9 Å². The van der Waals surface area contributed by atoms with E-state index in [9.17, 15) is 18.0 Å². The molecule has 1 saturated heterocycles. The second kappa shape index (κ2) is 8.55. The van der Waals surface area contributed by atoms with Crippen LogP contribution in [0.1, 0.15) is 23.6 Å². The van der Waals surface area contributed by atoms with Crippen molar-refractivity contribution in [1.82, 2.24) is 10.2 Å². The first-order valence-electron chi connectivity index (χ1n) is 10.1. The number of carbonyl (C=O) groups excluding carboxylic acids is 1. The first-order chi connectivity index (χ1) is 14.4. The van der Waals surface area contributed by atoms with Crippen LogP contribution in [-0.2, 0) is 11.0 Å². The van der Waals surface area contributed by atoms with E-state index in [0.717, 1.165) is 23.8 Å².